The Morgan fingerprint density at radius 1 is 1.68 bits per heavy atom. The molecule has 1 rings (SSSR count). The first-order valence-corrected chi connectivity index (χ1v) is 5.66. The van der Waals surface area contributed by atoms with E-state index in [0.29, 0.717) is 5.82 Å². The van der Waals surface area contributed by atoms with Crippen LogP contribution in [0, 0.1) is 6.92 Å². The van der Waals surface area contributed by atoms with Crippen molar-refractivity contribution in [2.45, 2.75) is 32.4 Å². The maximum atomic E-state index is 13.5. The van der Waals surface area contributed by atoms with Crippen LogP contribution in [0.4, 0.5) is 4.39 Å². The summed E-state index contributed by atoms with van der Waals surface area (Å²) in [5, 5.41) is 3.41. The molecule has 0 radical (unpaired) electrons. The molecule has 0 fully saturated rings. The highest BCUT2D eigenvalue weighted by Crippen LogP contribution is 2.06. The summed E-state index contributed by atoms with van der Waals surface area (Å²) in [6.07, 6.45) is 1.79. The Bertz CT molecular complexity index is 520. The number of hydrogen-bond acceptors (Lipinski definition) is 6. The second kappa shape index (κ2) is 6.83. The Morgan fingerprint density at radius 2 is 2.37 bits per heavy atom. The molecule has 0 saturated carbocycles. The third kappa shape index (κ3) is 4.32. The molecule has 1 aromatic rings. The summed E-state index contributed by atoms with van der Waals surface area (Å²) in [5.41, 5.74) is 5.49. The van der Waals surface area contributed by atoms with E-state index >= 15 is 0 Å². The van der Waals surface area contributed by atoms with Crippen molar-refractivity contribution >= 4 is 5.97 Å². The van der Waals surface area contributed by atoms with Crippen LogP contribution in [0.1, 0.15) is 18.7 Å². The summed E-state index contributed by atoms with van der Waals surface area (Å²) < 4.78 is 23.4. The fourth-order valence-electron chi connectivity index (χ4n) is 1.42. The lowest BCUT2D eigenvalue weighted by Crippen LogP contribution is -2.31. The van der Waals surface area contributed by atoms with Crippen molar-refractivity contribution in [1.82, 2.24) is 9.72 Å². The number of nitrogens with zero attached hydrogens (tertiary/aromatic N) is 2. The Labute approximate surface area is 108 Å². The normalized spacial score (nSPS) is 13.4. The highest BCUT2D eigenvalue weighted by atomic mass is 19.1. The zero-order valence-corrected chi connectivity index (χ0v) is 10.8. The van der Waals surface area contributed by atoms with Crippen LogP contribution in [0.3, 0.4) is 0 Å². The van der Waals surface area contributed by atoms with Gasteiger partial charge in [0.2, 0.25) is 0 Å². The fourth-order valence-corrected chi connectivity index (χ4v) is 1.42. The van der Waals surface area contributed by atoms with E-state index in [1.807, 2.05) is 0 Å². The molecule has 0 spiro atoms. The zero-order chi connectivity index (χ0) is 14.4. The number of nitrogens with two attached hydrogens (primary N) is 1. The summed E-state index contributed by atoms with van der Waals surface area (Å²) in [6, 6.07) is -0.783. The molecule has 8 heteroatoms. The third-order valence-corrected chi connectivity index (χ3v) is 2.52. The van der Waals surface area contributed by atoms with Gasteiger partial charge in [0.15, 0.2) is 5.82 Å². The van der Waals surface area contributed by atoms with Gasteiger partial charge in [-0.15, -0.1) is 0 Å². The van der Waals surface area contributed by atoms with Crippen molar-refractivity contribution in [2.24, 2.45) is 5.73 Å². The first-order chi connectivity index (χ1) is 8.95. The van der Waals surface area contributed by atoms with E-state index in [9.17, 15) is 14.0 Å². The Morgan fingerprint density at radius 3 is 2.89 bits per heavy atom. The lowest BCUT2D eigenvalue weighted by molar-refractivity contribution is -0.142. The highest BCUT2D eigenvalue weighted by molar-refractivity contribution is 5.75. The minimum absolute atomic E-state index is 0.248. The molecular formula is C11H16FN3O4. The summed E-state index contributed by atoms with van der Waals surface area (Å²) in [7, 11) is 1.24. The van der Waals surface area contributed by atoms with Gasteiger partial charge < -0.3 is 10.5 Å². The predicted molar refractivity (Wildman–Crippen MR) is 63.9 cm³/mol. The molecule has 1 heterocycles. The number of carbonyl (C=O) groups excluding carboxylic acids is 1. The molecule has 1 aromatic heterocycles. The first kappa shape index (κ1) is 15.1. The number of methoxy groups -OCH3 is 1. The van der Waals surface area contributed by atoms with Crippen molar-refractivity contribution < 1.29 is 18.4 Å². The van der Waals surface area contributed by atoms with Crippen LogP contribution in [0.25, 0.3) is 0 Å². The van der Waals surface area contributed by atoms with Crippen molar-refractivity contribution in [3.05, 3.63) is 28.3 Å². The van der Waals surface area contributed by atoms with Crippen molar-refractivity contribution in [3.8, 4) is 0 Å². The molecule has 0 unspecified atom stereocenters. The number of allylic oxidation sites excluding steroid dienone is 2. The quantitative estimate of drug-likeness (QED) is 0.747. The van der Waals surface area contributed by atoms with E-state index in [-0.39, 0.29) is 19.4 Å². The van der Waals surface area contributed by atoms with Crippen molar-refractivity contribution in [1.29, 1.82) is 0 Å². The van der Waals surface area contributed by atoms with Gasteiger partial charge >= 0.3 is 11.7 Å². The van der Waals surface area contributed by atoms with Crippen LogP contribution >= 0.6 is 0 Å². The Kier molecular flexibility index (Phi) is 5.43. The number of hydrogen-bond donors (Lipinski definition) is 1. The number of ether oxygens (including phenoxy) is 1. The number of aryl methyl sites for hydroxylation is 1. The molecule has 7 nitrogen and oxygen atoms in total. The number of carbonyl (C=O) groups is 1. The van der Waals surface area contributed by atoms with Gasteiger partial charge in [-0.2, -0.15) is 0 Å². The van der Waals surface area contributed by atoms with Gasteiger partial charge in [0.05, 0.1) is 13.7 Å². The summed E-state index contributed by atoms with van der Waals surface area (Å²) in [5.74, 6) is -1.49. The lowest BCUT2D eigenvalue weighted by atomic mass is 10.1. The fraction of sp³-hybridized carbons (Fsp3) is 0.545. The molecule has 0 aliphatic heterocycles. The number of esters is 1. The standard InChI is InChI=1S/C11H16FN3O4/c1-7-14-19-11(17)15(7)6-8(12)4-3-5-9(13)10(16)18-2/h4,9H,3,5-6,13H2,1-2H3/t9-/m0/s1. The number of halogens is 1. The maximum absolute atomic E-state index is 13.5. The van der Waals surface area contributed by atoms with Gasteiger partial charge in [0.25, 0.3) is 0 Å². The van der Waals surface area contributed by atoms with Gasteiger partial charge in [-0.25, -0.2) is 9.18 Å². The predicted octanol–water partition coefficient (Wildman–Crippen LogP) is 0.279. The average molecular weight is 273 g/mol. The molecule has 2 N–H and O–H groups in total. The van der Waals surface area contributed by atoms with Crippen LogP contribution < -0.4 is 11.5 Å². The first-order valence-electron chi connectivity index (χ1n) is 5.66. The van der Waals surface area contributed by atoms with E-state index in [4.69, 9.17) is 5.73 Å². The molecule has 0 aliphatic rings. The molecule has 0 bridgehead atoms. The second-order valence-electron chi connectivity index (χ2n) is 3.94. The molecular weight excluding hydrogens is 257 g/mol. The molecule has 0 saturated heterocycles. The molecule has 0 amide bonds. The van der Waals surface area contributed by atoms with Crippen molar-refractivity contribution in [3.63, 3.8) is 0 Å². The van der Waals surface area contributed by atoms with Gasteiger partial charge in [-0.05, 0) is 19.8 Å². The van der Waals surface area contributed by atoms with Crippen LogP contribution in [0.15, 0.2) is 21.2 Å². The molecule has 106 valence electrons. The molecule has 1 atom stereocenters. The summed E-state index contributed by atoms with van der Waals surface area (Å²) in [6.45, 7) is 1.28. The van der Waals surface area contributed by atoms with Crippen LogP contribution in [-0.2, 0) is 16.1 Å². The van der Waals surface area contributed by atoms with Crippen LogP contribution in [0.5, 0.6) is 0 Å². The number of aromatic nitrogens is 2. The maximum Gasteiger partial charge on any atom is 0.441 e. The summed E-state index contributed by atoms with van der Waals surface area (Å²) >= 11 is 0. The van der Waals surface area contributed by atoms with E-state index in [2.05, 4.69) is 14.4 Å². The van der Waals surface area contributed by atoms with Gasteiger partial charge in [0, 0.05) is 0 Å². The minimum Gasteiger partial charge on any atom is -0.468 e. The van der Waals surface area contributed by atoms with E-state index in [1.165, 1.54) is 20.1 Å². The molecule has 0 aromatic carbocycles. The number of rotatable bonds is 6. The highest BCUT2D eigenvalue weighted by Gasteiger charge is 2.13. The van der Waals surface area contributed by atoms with Gasteiger partial charge in [-0.1, -0.05) is 11.2 Å². The zero-order valence-electron chi connectivity index (χ0n) is 10.8. The summed E-state index contributed by atoms with van der Waals surface area (Å²) in [4.78, 5) is 22.1. The largest absolute Gasteiger partial charge is 0.468 e. The van der Waals surface area contributed by atoms with Gasteiger partial charge in [0.1, 0.15) is 11.9 Å². The Hall–Kier alpha value is -1.96. The third-order valence-electron chi connectivity index (χ3n) is 2.52. The van der Waals surface area contributed by atoms with Crippen LogP contribution in [0.2, 0.25) is 0 Å². The molecule has 0 aliphatic carbocycles. The topological polar surface area (TPSA) is 100 Å². The van der Waals surface area contributed by atoms with E-state index in [0.717, 1.165) is 4.57 Å². The smallest absolute Gasteiger partial charge is 0.441 e. The Balaban J connectivity index is 2.50. The minimum atomic E-state index is -0.783. The van der Waals surface area contributed by atoms with Crippen molar-refractivity contribution in [2.75, 3.05) is 7.11 Å². The van der Waals surface area contributed by atoms with Crippen LogP contribution in [-0.4, -0.2) is 28.8 Å². The second-order valence-corrected chi connectivity index (χ2v) is 3.94. The van der Waals surface area contributed by atoms with E-state index < -0.39 is 23.6 Å². The van der Waals surface area contributed by atoms with Gasteiger partial charge in [-0.3, -0.25) is 13.9 Å². The monoisotopic (exact) mass is 273 g/mol. The lowest BCUT2D eigenvalue weighted by Gasteiger charge is -2.06. The average Bonchev–Trinajstić information content (AvgIpc) is 2.69. The molecule has 19 heavy (non-hydrogen) atoms. The SMILES string of the molecule is COC(=O)[C@@H](N)CCC=C(F)Cn1c(C)noc1=O. The van der Waals surface area contributed by atoms with E-state index in [1.54, 1.807) is 0 Å².